The highest BCUT2D eigenvalue weighted by molar-refractivity contribution is 7.04. The van der Waals surface area contributed by atoms with E-state index in [1.807, 2.05) is 0 Å². The van der Waals surface area contributed by atoms with Crippen LogP contribution in [0, 0.1) is 0 Å². The molecule has 20 heavy (non-hydrogen) atoms. The molecule has 0 aliphatic carbocycles. The van der Waals surface area contributed by atoms with Crippen LogP contribution < -0.4 is 0 Å². The van der Waals surface area contributed by atoms with Gasteiger partial charge in [-0.2, -0.15) is 4.37 Å². The third kappa shape index (κ3) is 1.87. The molecule has 0 radical (unpaired) electrons. The Balaban J connectivity index is 1.87. The first kappa shape index (κ1) is 12.8. The van der Waals surface area contributed by atoms with Crippen LogP contribution in [-0.2, 0) is 4.84 Å². The zero-order chi connectivity index (χ0) is 14.3. The zero-order valence-electron chi connectivity index (χ0n) is 9.70. The summed E-state index contributed by atoms with van der Waals surface area (Å²) in [5.41, 5.74) is 0.396. The van der Waals surface area contributed by atoms with Gasteiger partial charge in [0.25, 0.3) is 11.8 Å². The molecule has 0 fully saturated rings. The Morgan fingerprint density at radius 1 is 1.20 bits per heavy atom. The number of rotatable bonds is 2. The first-order chi connectivity index (χ1) is 9.59. The summed E-state index contributed by atoms with van der Waals surface area (Å²) in [7, 11) is 0. The zero-order valence-corrected chi connectivity index (χ0v) is 11.3. The Kier molecular flexibility index (Phi) is 3.00. The van der Waals surface area contributed by atoms with E-state index in [-0.39, 0.29) is 21.8 Å². The molecule has 2 amide bonds. The van der Waals surface area contributed by atoms with E-state index in [2.05, 4.69) is 4.37 Å². The molecule has 0 saturated heterocycles. The number of imide groups is 1. The van der Waals surface area contributed by atoms with Crippen LogP contribution in [0.4, 0.5) is 0 Å². The van der Waals surface area contributed by atoms with E-state index in [1.165, 1.54) is 17.5 Å². The molecular weight excluding hydrogens is 304 g/mol. The molecule has 2 heterocycles. The summed E-state index contributed by atoms with van der Waals surface area (Å²) >= 11 is 6.66. The molecule has 0 bridgehead atoms. The summed E-state index contributed by atoms with van der Waals surface area (Å²) in [4.78, 5) is 40.6. The van der Waals surface area contributed by atoms with Gasteiger partial charge in [0.2, 0.25) is 0 Å². The largest absolute Gasteiger partial charge is 0.367 e. The van der Waals surface area contributed by atoms with Crippen molar-refractivity contribution in [3.05, 3.63) is 51.5 Å². The van der Waals surface area contributed by atoms with E-state index in [4.69, 9.17) is 16.4 Å². The van der Waals surface area contributed by atoms with Gasteiger partial charge in [-0.05, 0) is 23.7 Å². The smallest absolute Gasteiger partial charge is 0.324 e. The van der Waals surface area contributed by atoms with Crippen LogP contribution in [0.3, 0.4) is 0 Å². The average Bonchev–Trinajstić information content (AvgIpc) is 2.97. The van der Waals surface area contributed by atoms with Crippen molar-refractivity contribution in [3.63, 3.8) is 0 Å². The minimum absolute atomic E-state index is 0.00761. The first-order valence-electron chi connectivity index (χ1n) is 5.39. The Morgan fingerprint density at radius 3 is 2.30 bits per heavy atom. The molecule has 0 unspecified atom stereocenters. The number of hydrogen-bond donors (Lipinski definition) is 0. The van der Waals surface area contributed by atoms with E-state index in [1.54, 1.807) is 12.1 Å². The number of carbonyl (C=O) groups is 3. The Hall–Kier alpha value is -2.25. The second kappa shape index (κ2) is 4.69. The Bertz CT molecular complexity index is 708. The molecule has 1 aliphatic rings. The van der Waals surface area contributed by atoms with Gasteiger partial charge in [0.05, 0.1) is 11.1 Å². The number of aromatic nitrogens is 1. The van der Waals surface area contributed by atoms with Gasteiger partial charge in [0.15, 0.2) is 5.15 Å². The monoisotopic (exact) mass is 308 g/mol. The standard InChI is InChI=1S/C12H5ClN2O4S/c13-9-8(5-20-14-9)12(18)19-15-10(16)6-3-1-2-4-7(6)11(15)17/h1-5H. The third-order valence-corrected chi connectivity index (χ3v) is 3.69. The van der Waals surface area contributed by atoms with Gasteiger partial charge >= 0.3 is 5.97 Å². The second-order valence-electron chi connectivity index (χ2n) is 3.85. The van der Waals surface area contributed by atoms with Crippen molar-refractivity contribution in [3.8, 4) is 0 Å². The topological polar surface area (TPSA) is 76.6 Å². The summed E-state index contributed by atoms with van der Waals surface area (Å²) in [5.74, 6) is -2.27. The average molecular weight is 309 g/mol. The molecule has 0 atom stereocenters. The molecule has 100 valence electrons. The summed E-state index contributed by atoms with van der Waals surface area (Å²) in [6.45, 7) is 0. The van der Waals surface area contributed by atoms with Crippen LogP contribution in [-0.4, -0.2) is 27.2 Å². The molecule has 0 N–H and O–H groups in total. The normalized spacial score (nSPS) is 13.6. The molecule has 8 heteroatoms. The quantitative estimate of drug-likeness (QED) is 0.795. The molecular formula is C12H5ClN2O4S. The fourth-order valence-electron chi connectivity index (χ4n) is 1.74. The van der Waals surface area contributed by atoms with Gasteiger partial charge in [0, 0.05) is 5.38 Å². The van der Waals surface area contributed by atoms with Crippen LogP contribution in [0.15, 0.2) is 29.6 Å². The van der Waals surface area contributed by atoms with E-state index in [0.717, 1.165) is 11.5 Å². The van der Waals surface area contributed by atoms with Gasteiger partial charge in [-0.25, -0.2) is 4.79 Å². The summed E-state index contributed by atoms with van der Waals surface area (Å²) in [6, 6.07) is 6.22. The van der Waals surface area contributed by atoms with E-state index < -0.39 is 17.8 Å². The number of halogens is 1. The van der Waals surface area contributed by atoms with E-state index in [9.17, 15) is 14.4 Å². The molecule has 1 aromatic heterocycles. The highest BCUT2D eigenvalue weighted by atomic mass is 35.5. The molecule has 0 saturated carbocycles. The molecule has 1 aromatic carbocycles. The lowest BCUT2D eigenvalue weighted by Crippen LogP contribution is -2.32. The van der Waals surface area contributed by atoms with Crippen molar-refractivity contribution in [2.24, 2.45) is 0 Å². The molecule has 1 aliphatic heterocycles. The van der Waals surface area contributed by atoms with Gasteiger partial charge in [-0.1, -0.05) is 28.8 Å². The lowest BCUT2D eigenvalue weighted by atomic mass is 10.1. The number of benzene rings is 1. The predicted molar refractivity (Wildman–Crippen MR) is 69.5 cm³/mol. The molecule has 3 rings (SSSR count). The number of amides is 2. The minimum Gasteiger partial charge on any atom is -0.324 e. The maximum atomic E-state index is 12.0. The van der Waals surface area contributed by atoms with Crippen molar-refractivity contribution in [1.29, 1.82) is 0 Å². The van der Waals surface area contributed by atoms with Crippen molar-refractivity contribution >= 4 is 40.9 Å². The number of fused-ring (bicyclic) bond motifs is 1. The SMILES string of the molecule is O=C(ON1C(=O)c2ccccc2C1=O)c1csnc1Cl. The van der Waals surface area contributed by atoms with Crippen molar-refractivity contribution < 1.29 is 19.2 Å². The lowest BCUT2D eigenvalue weighted by Gasteiger charge is -2.11. The summed E-state index contributed by atoms with van der Waals surface area (Å²) in [5, 5.41) is 1.78. The van der Waals surface area contributed by atoms with Gasteiger partial charge < -0.3 is 4.84 Å². The van der Waals surface area contributed by atoms with Crippen LogP contribution in [0.5, 0.6) is 0 Å². The van der Waals surface area contributed by atoms with Gasteiger partial charge in [-0.15, -0.1) is 0 Å². The van der Waals surface area contributed by atoms with E-state index >= 15 is 0 Å². The second-order valence-corrected chi connectivity index (χ2v) is 4.84. The van der Waals surface area contributed by atoms with Gasteiger partial charge in [0.1, 0.15) is 5.56 Å². The number of hydroxylamine groups is 2. The number of hydrogen-bond acceptors (Lipinski definition) is 6. The maximum absolute atomic E-state index is 12.0. The molecule has 6 nitrogen and oxygen atoms in total. The van der Waals surface area contributed by atoms with Crippen LogP contribution in [0.2, 0.25) is 5.15 Å². The lowest BCUT2D eigenvalue weighted by molar-refractivity contribution is -0.0584. The number of nitrogens with zero attached hydrogens (tertiary/aromatic N) is 2. The molecule has 2 aromatic rings. The van der Waals surface area contributed by atoms with Crippen molar-refractivity contribution in [1.82, 2.24) is 9.44 Å². The van der Waals surface area contributed by atoms with Crippen LogP contribution in [0.25, 0.3) is 0 Å². The highest BCUT2D eigenvalue weighted by Gasteiger charge is 2.39. The van der Waals surface area contributed by atoms with Crippen LogP contribution >= 0.6 is 23.1 Å². The van der Waals surface area contributed by atoms with Crippen molar-refractivity contribution in [2.45, 2.75) is 0 Å². The van der Waals surface area contributed by atoms with Crippen molar-refractivity contribution in [2.75, 3.05) is 0 Å². The Morgan fingerprint density at radius 2 is 1.80 bits per heavy atom. The maximum Gasteiger partial charge on any atom is 0.367 e. The summed E-state index contributed by atoms with van der Waals surface area (Å²) < 4.78 is 3.71. The fraction of sp³-hybridized carbons (Fsp3) is 0. The Labute approximate surface area is 121 Å². The van der Waals surface area contributed by atoms with E-state index in [0.29, 0.717) is 5.06 Å². The van der Waals surface area contributed by atoms with Crippen LogP contribution in [0.1, 0.15) is 31.1 Å². The fourth-order valence-corrected chi connectivity index (χ4v) is 2.61. The molecule has 0 spiro atoms. The van der Waals surface area contributed by atoms with Gasteiger partial charge in [-0.3, -0.25) is 9.59 Å². The first-order valence-corrected chi connectivity index (χ1v) is 6.61. The number of carbonyl (C=O) groups excluding carboxylic acids is 3. The summed E-state index contributed by atoms with van der Waals surface area (Å²) in [6.07, 6.45) is 0. The highest BCUT2D eigenvalue weighted by Crippen LogP contribution is 2.24. The minimum atomic E-state index is -0.904. The third-order valence-electron chi connectivity index (χ3n) is 2.68. The predicted octanol–water partition coefficient (Wildman–Crippen LogP) is 2.16.